The molecule has 3 nitrogen and oxygen atoms in total. The van der Waals surface area contributed by atoms with E-state index >= 15 is 0 Å². The van der Waals surface area contributed by atoms with Gasteiger partial charge in [-0.05, 0) is 35.2 Å². The number of benzene rings is 1. The molecule has 18 heavy (non-hydrogen) atoms. The molecule has 0 spiro atoms. The molecule has 0 N–H and O–H groups in total. The van der Waals surface area contributed by atoms with E-state index in [9.17, 15) is 0 Å². The topological polar surface area (TPSA) is 45.9 Å². The van der Waals surface area contributed by atoms with Gasteiger partial charge in [-0.25, -0.2) is 4.98 Å². The van der Waals surface area contributed by atoms with Crippen LogP contribution in [0, 0.1) is 11.3 Å². The van der Waals surface area contributed by atoms with Gasteiger partial charge in [0, 0.05) is 11.8 Å². The quantitative estimate of drug-likeness (QED) is 0.764. The third-order valence-corrected chi connectivity index (χ3v) is 3.22. The molecule has 0 amide bonds. The summed E-state index contributed by atoms with van der Waals surface area (Å²) >= 11 is 0. The maximum absolute atomic E-state index is 8.76. The molecular weight excluding hydrogens is 224 g/mol. The van der Waals surface area contributed by atoms with Crippen LogP contribution in [0.1, 0.15) is 16.8 Å². The van der Waals surface area contributed by atoms with Gasteiger partial charge in [0.1, 0.15) is 11.8 Å². The van der Waals surface area contributed by atoms with Crippen molar-refractivity contribution in [2.75, 3.05) is 6.61 Å². The van der Waals surface area contributed by atoms with Crippen LogP contribution in [0.2, 0.25) is 0 Å². The molecule has 1 aliphatic heterocycles. The predicted molar refractivity (Wildman–Crippen MR) is 67.7 cm³/mol. The Labute approximate surface area is 106 Å². The van der Waals surface area contributed by atoms with Crippen molar-refractivity contribution in [2.24, 2.45) is 0 Å². The van der Waals surface area contributed by atoms with Crippen LogP contribution < -0.4 is 0 Å². The van der Waals surface area contributed by atoms with E-state index in [-0.39, 0.29) is 0 Å². The summed E-state index contributed by atoms with van der Waals surface area (Å²) in [6.45, 7) is 1.46. The van der Waals surface area contributed by atoms with Crippen molar-refractivity contribution in [3.05, 3.63) is 53.3 Å². The molecule has 3 rings (SSSR count). The minimum absolute atomic E-state index is 0.451. The van der Waals surface area contributed by atoms with Crippen molar-refractivity contribution < 1.29 is 4.74 Å². The van der Waals surface area contributed by atoms with Gasteiger partial charge in [-0.15, -0.1) is 0 Å². The molecule has 0 saturated carbocycles. The van der Waals surface area contributed by atoms with Gasteiger partial charge in [0.25, 0.3) is 0 Å². The van der Waals surface area contributed by atoms with Gasteiger partial charge in [0.2, 0.25) is 0 Å². The number of nitriles is 1. The Kier molecular flexibility index (Phi) is 2.79. The van der Waals surface area contributed by atoms with Crippen molar-refractivity contribution in [1.29, 1.82) is 5.26 Å². The smallest absolute Gasteiger partial charge is 0.140 e. The lowest BCUT2D eigenvalue weighted by molar-refractivity contribution is 0.111. The lowest BCUT2D eigenvalue weighted by atomic mass is 9.93. The number of fused-ring (bicyclic) bond motifs is 1. The van der Waals surface area contributed by atoms with E-state index in [1.54, 1.807) is 12.3 Å². The first-order chi connectivity index (χ1) is 8.88. The van der Waals surface area contributed by atoms with Gasteiger partial charge in [0.15, 0.2) is 0 Å². The van der Waals surface area contributed by atoms with Crippen LogP contribution in [0.4, 0.5) is 0 Å². The Balaban J connectivity index is 2.08. The van der Waals surface area contributed by atoms with Gasteiger partial charge >= 0.3 is 0 Å². The molecule has 1 aromatic carbocycles. The molecule has 0 aliphatic carbocycles. The van der Waals surface area contributed by atoms with Crippen LogP contribution in [0.15, 0.2) is 36.5 Å². The van der Waals surface area contributed by atoms with Crippen molar-refractivity contribution in [3.8, 4) is 17.2 Å². The largest absolute Gasteiger partial charge is 0.376 e. The van der Waals surface area contributed by atoms with Gasteiger partial charge in [-0.1, -0.05) is 18.2 Å². The van der Waals surface area contributed by atoms with Crippen molar-refractivity contribution >= 4 is 0 Å². The molecule has 0 saturated heterocycles. The highest BCUT2D eigenvalue weighted by atomic mass is 16.5. The first-order valence-electron chi connectivity index (χ1n) is 5.93. The van der Waals surface area contributed by atoms with Crippen LogP contribution in [0.25, 0.3) is 11.1 Å². The summed E-state index contributed by atoms with van der Waals surface area (Å²) in [5, 5.41) is 8.76. The second-order valence-electron chi connectivity index (χ2n) is 4.29. The third kappa shape index (κ3) is 1.87. The Bertz CT molecular complexity index is 611. The lowest BCUT2D eigenvalue weighted by Gasteiger charge is -2.19. The normalized spacial score (nSPS) is 13.7. The predicted octanol–water partition coefficient (Wildman–Crippen LogP) is 2.69. The molecule has 2 aromatic rings. The second kappa shape index (κ2) is 4.59. The van der Waals surface area contributed by atoms with E-state index in [1.165, 1.54) is 16.7 Å². The summed E-state index contributed by atoms with van der Waals surface area (Å²) < 4.78 is 5.46. The molecule has 0 unspecified atom stereocenters. The molecule has 0 bridgehead atoms. The highest BCUT2D eigenvalue weighted by molar-refractivity contribution is 5.68. The van der Waals surface area contributed by atoms with Gasteiger partial charge in [-0.3, -0.25) is 0 Å². The van der Waals surface area contributed by atoms with Crippen molar-refractivity contribution in [2.45, 2.75) is 13.0 Å². The summed E-state index contributed by atoms with van der Waals surface area (Å²) in [7, 11) is 0. The Hall–Kier alpha value is -2.18. The molecule has 1 aliphatic rings. The first kappa shape index (κ1) is 10.9. The highest BCUT2D eigenvalue weighted by Gasteiger charge is 2.14. The standard InChI is InChI=1S/C15H12N2O/c16-8-13-5-4-11(9-17-13)14-3-1-2-12-10-18-7-6-15(12)14/h1-5,9H,6-7,10H2. The number of nitrogens with zero attached hydrogens (tertiary/aromatic N) is 2. The van der Waals surface area contributed by atoms with Gasteiger partial charge in [0.05, 0.1) is 13.2 Å². The molecule has 0 radical (unpaired) electrons. The molecule has 3 heteroatoms. The lowest BCUT2D eigenvalue weighted by Crippen LogP contribution is -2.10. The summed E-state index contributed by atoms with van der Waals surface area (Å²) in [4.78, 5) is 4.13. The monoisotopic (exact) mass is 236 g/mol. The number of rotatable bonds is 1. The molecule has 1 aromatic heterocycles. The minimum Gasteiger partial charge on any atom is -0.376 e. The first-order valence-corrected chi connectivity index (χ1v) is 5.93. The van der Waals surface area contributed by atoms with E-state index in [2.05, 4.69) is 17.1 Å². The Morgan fingerprint density at radius 3 is 2.94 bits per heavy atom. The van der Waals surface area contributed by atoms with Crippen molar-refractivity contribution in [1.82, 2.24) is 4.98 Å². The second-order valence-corrected chi connectivity index (χ2v) is 4.29. The van der Waals surface area contributed by atoms with E-state index in [0.29, 0.717) is 12.3 Å². The summed E-state index contributed by atoms with van der Waals surface area (Å²) in [5.74, 6) is 0. The van der Waals surface area contributed by atoms with E-state index in [0.717, 1.165) is 18.6 Å². The zero-order valence-electron chi connectivity index (χ0n) is 9.89. The number of ether oxygens (including phenoxy) is 1. The number of aromatic nitrogens is 1. The fourth-order valence-corrected chi connectivity index (χ4v) is 2.31. The van der Waals surface area contributed by atoms with E-state index in [4.69, 9.17) is 10.00 Å². The van der Waals surface area contributed by atoms with Crippen LogP contribution >= 0.6 is 0 Å². The maximum Gasteiger partial charge on any atom is 0.140 e. The Morgan fingerprint density at radius 2 is 2.17 bits per heavy atom. The fourth-order valence-electron chi connectivity index (χ4n) is 2.31. The molecule has 0 atom stereocenters. The SMILES string of the molecule is N#Cc1ccc(-c2cccc3c2CCOC3)cn1. The highest BCUT2D eigenvalue weighted by Crippen LogP contribution is 2.29. The summed E-state index contributed by atoms with van der Waals surface area (Å²) in [6.07, 6.45) is 2.70. The van der Waals surface area contributed by atoms with Crippen LogP contribution in [-0.4, -0.2) is 11.6 Å². The molecular formula is C15H12N2O. The van der Waals surface area contributed by atoms with E-state index in [1.807, 2.05) is 18.2 Å². The number of pyridine rings is 1. The molecule has 2 heterocycles. The van der Waals surface area contributed by atoms with Crippen LogP contribution in [0.3, 0.4) is 0 Å². The van der Waals surface area contributed by atoms with Gasteiger partial charge < -0.3 is 4.74 Å². The number of hydrogen-bond acceptors (Lipinski definition) is 3. The average Bonchev–Trinajstić information content (AvgIpc) is 2.47. The number of hydrogen-bond donors (Lipinski definition) is 0. The van der Waals surface area contributed by atoms with Gasteiger partial charge in [-0.2, -0.15) is 5.26 Å². The third-order valence-electron chi connectivity index (χ3n) is 3.22. The van der Waals surface area contributed by atoms with Crippen molar-refractivity contribution in [3.63, 3.8) is 0 Å². The molecule has 88 valence electrons. The Morgan fingerprint density at radius 1 is 1.22 bits per heavy atom. The fraction of sp³-hybridized carbons (Fsp3) is 0.200. The van der Waals surface area contributed by atoms with Crippen LogP contribution in [0.5, 0.6) is 0 Å². The zero-order chi connectivity index (χ0) is 12.4. The minimum atomic E-state index is 0.451. The average molecular weight is 236 g/mol. The van der Waals surface area contributed by atoms with E-state index < -0.39 is 0 Å². The summed E-state index contributed by atoms with van der Waals surface area (Å²) in [5.41, 5.74) is 5.31. The van der Waals surface area contributed by atoms with Crippen LogP contribution in [-0.2, 0) is 17.8 Å². The maximum atomic E-state index is 8.76. The zero-order valence-corrected chi connectivity index (χ0v) is 9.89. The molecule has 0 fully saturated rings. The summed E-state index contributed by atoms with van der Waals surface area (Å²) in [6, 6.07) is 12.0.